The van der Waals surface area contributed by atoms with Crippen LogP contribution in [-0.2, 0) is 85.6 Å². The molecular formula is C113H214O18. The van der Waals surface area contributed by atoms with E-state index >= 15 is 0 Å². The van der Waals surface area contributed by atoms with Crippen molar-refractivity contribution in [3.8, 4) is 0 Å². The Kier molecular flexibility index (Phi) is 52.1. The maximum Gasteiger partial charge on any atom is 0.313 e. The molecule has 18 nitrogen and oxygen atoms in total. The maximum absolute atomic E-state index is 12.2. The van der Waals surface area contributed by atoms with Gasteiger partial charge >= 0.3 is 35.8 Å². The molecule has 0 aromatic heterocycles. The predicted octanol–water partition coefficient (Wildman–Crippen LogP) is 29.8. The van der Waals surface area contributed by atoms with Crippen LogP contribution in [-0.4, -0.2) is 111 Å². The molecule has 20 aliphatic carbocycles. The van der Waals surface area contributed by atoms with Gasteiger partial charge in [-0.25, -0.2) is 0 Å². The third kappa shape index (κ3) is 29.6. The van der Waals surface area contributed by atoms with Crippen molar-refractivity contribution in [3.05, 3.63) is 0 Å². The number of ether oxygens (including phenoxy) is 12. The zero-order chi connectivity index (χ0) is 85.3. The molecule has 0 aromatic rings. The highest BCUT2D eigenvalue weighted by atomic mass is 16.7. The minimum absolute atomic E-state index is 0. The molecule has 0 spiro atoms. The average molecular weight is 1860 g/mol. The van der Waals surface area contributed by atoms with Crippen LogP contribution in [0, 0.1) is 176 Å². The second-order valence-corrected chi connectivity index (χ2v) is 44.7. The monoisotopic (exact) mass is 1860 g/mol. The Labute approximate surface area is 807 Å². The molecule has 0 heterocycles. The van der Waals surface area contributed by atoms with E-state index in [1.807, 2.05) is 132 Å². The summed E-state index contributed by atoms with van der Waals surface area (Å²) in [6, 6.07) is 0. The van der Waals surface area contributed by atoms with Gasteiger partial charge in [0.1, 0.15) is 0 Å². The maximum atomic E-state index is 12.2. The highest BCUT2D eigenvalue weighted by Crippen LogP contribution is 2.70. The van der Waals surface area contributed by atoms with E-state index in [0.29, 0.717) is 60.3 Å². The van der Waals surface area contributed by atoms with Gasteiger partial charge in [0.2, 0.25) is 0 Å². The van der Waals surface area contributed by atoms with Crippen molar-refractivity contribution in [2.24, 2.45) is 176 Å². The Morgan fingerprint density at radius 1 is 0.260 bits per heavy atom. The summed E-state index contributed by atoms with van der Waals surface area (Å²) in [4.78, 5) is 71.2. The first-order valence-electron chi connectivity index (χ1n) is 49.7. The number of carbonyl (C=O) groups is 6. The van der Waals surface area contributed by atoms with Gasteiger partial charge in [-0.1, -0.05) is 151 Å². The van der Waals surface area contributed by atoms with Crippen LogP contribution < -0.4 is 0 Å². The van der Waals surface area contributed by atoms with Crippen LogP contribution in [0.25, 0.3) is 0 Å². The van der Waals surface area contributed by atoms with Crippen molar-refractivity contribution in [1.29, 1.82) is 0 Å². The molecule has 0 N–H and O–H groups in total. The minimum Gasteiger partial charge on any atom is -0.438 e. The van der Waals surface area contributed by atoms with Gasteiger partial charge in [-0.15, -0.1) is 0 Å². The summed E-state index contributed by atoms with van der Waals surface area (Å²) in [6.45, 7) is 37.1. The van der Waals surface area contributed by atoms with Gasteiger partial charge in [0, 0.05) is 0 Å². The quantitative estimate of drug-likeness (QED) is 0.0283. The fraction of sp³-hybridized carbons (Fsp3) is 0.947. The molecule has 0 aromatic carbocycles. The summed E-state index contributed by atoms with van der Waals surface area (Å²) in [5.41, 5.74) is -1.22. The summed E-state index contributed by atoms with van der Waals surface area (Å²) in [5, 5.41) is 0. The van der Waals surface area contributed by atoms with Gasteiger partial charge in [0.25, 0.3) is 0 Å². The SMILES string of the molecule is C.C.C.C.C.C.C.C.C.C.C.C.CCC(C)(C)C(=O)OC(C)OC1C2CC3CC(C2)CC1C3.CCC(C)(C)C(=O)OC(C)OC1CC2CCC1C2.CCC(C)(C)C(=O)OCOC1CC2CC1C1C3CCC(C3)C21.CCC(C)C(=O)OC(C)OC1C2CC3CC(C2)CC1C3.CCC(C)C(=O)OC(C)OC1CC2CCC1C2.CCC(C)C(=O)OCOC1CC2CC1C1C3CCC(C3)C21. The smallest absolute Gasteiger partial charge is 0.313 e. The summed E-state index contributed by atoms with van der Waals surface area (Å²) >= 11 is 0. The normalized spacial score (nSPS) is 36.8. The van der Waals surface area contributed by atoms with Crippen molar-refractivity contribution in [2.45, 2.75) is 501 Å². The van der Waals surface area contributed by atoms with Gasteiger partial charge in [0.15, 0.2) is 38.7 Å². The number of carbonyl (C=O) groups excluding carboxylic acids is 6. The number of rotatable bonds is 30. The first kappa shape index (κ1) is 126. The van der Waals surface area contributed by atoms with Gasteiger partial charge in [0.05, 0.1) is 70.6 Å². The molecule has 20 rings (SSSR count). The second-order valence-electron chi connectivity index (χ2n) is 44.7. The minimum atomic E-state index is -0.415. The van der Waals surface area contributed by atoms with Gasteiger partial charge in [-0.3, -0.25) is 28.8 Å². The van der Waals surface area contributed by atoms with Crippen LogP contribution >= 0.6 is 0 Å². The molecule has 774 valence electrons. The van der Waals surface area contributed by atoms with E-state index in [0.717, 1.165) is 170 Å². The molecule has 20 saturated carbocycles. The Bertz CT molecular complexity index is 3270. The lowest BCUT2D eigenvalue weighted by Gasteiger charge is -2.54. The predicted molar refractivity (Wildman–Crippen MR) is 538 cm³/mol. The van der Waals surface area contributed by atoms with Crippen molar-refractivity contribution < 1.29 is 85.6 Å². The molecule has 20 aliphatic rings. The Morgan fingerprint density at radius 3 is 0.855 bits per heavy atom. The number of hydrogen-bond acceptors (Lipinski definition) is 18. The molecule has 27 atom stereocenters. The van der Waals surface area contributed by atoms with Crippen molar-refractivity contribution in [1.82, 2.24) is 0 Å². The first-order chi connectivity index (χ1) is 56.7. The molecule has 0 amide bonds. The summed E-state index contributed by atoms with van der Waals surface area (Å²) in [5.74, 6) is 20.2. The highest BCUT2D eigenvalue weighted by molar-refractivity contribution is 5.77. The van der Waals surface area contributed by atoms with Gasteiger partial charge in [-0.05, 0) is 430 Å². The molecular weight excluding hydrogens is 1650 g/mol. The second kappa shape index (κ2) is 54.4. The van der Waals surface area contributed by atoms with E-state index in [1.165, 1.54) is 167 Å². The standard InChI is InChI=1S/C19H30O3.C18H28O3.C18H30O3.C17H28O3.C15H26O3.C14H24O3.12CH4/c1-4-19(2,3)18(20)22-10-21-15-9-13-8-14(15)17-12-6-5-11(7-12)16(13)17;1-3-10(2)18(19)21-9-20-15-8-13-7-14(15)17-12-5-4-11(6-12)16(13)17;1-5-18(3,4)17(19)21-11(2)20-16-14-7-12-6-13(9-14)10-15(16)8-12;1-4-10(2)17(18)20-11(3)19-16-14-6-12-5-13(8-14)9-15(16)7-12;1-5-15(3,4)14(16)18-10(2)17-13-9-11-6-7-12(13)8-11;1-4-9(2)14(15)17-10(3)16-13-8-11-5-6-12(13)7-11;;;;;;;;;;;;/h11-17H,4-10H2,1-3H3;10-17H,3-9H2,1-2H3;11-16H,5-10H2,1-4H3;10-16H,4-9H2,1-3H3;10-13H,5-9H2,1-4H3;9-13H,4-8H2,1-3H3;12*1H4. The van der Waals surface area contributed by atoms with Crippen molar-refractivity contribution in [2.75, 3.05) is 13.6 Å². The van der Waals surface area contributed by atoms with E-state index in [9.17, 15) is 28.8 Å². The van der Waals surface area contributed by atoms with Crippen LogP contribution in [0.15, 0.2) is 0 Å². The van der Waals surface area contributed by atoms with Crippen molar-refractivity contribution >= 4 is 35.8 Å². The lowest BCUT2D eigenvalue weighted by molar-refractivity contribution is -0.224. The molecule has 0 saturated heterocycles. The Balaban J connectivity index is 0.000000773. The summed E-state index contributed by atoms with van der Waals surface area (Å²) < 4.78 is 68.5. The molecule has 27 unspecified atom stereocenters. The van der Waals surface area contributed by atoms with E-state index in [-0.39, 0.29) is 169 Å². The zero-order valence-electron chi connectivity index (χ0n) is 77.7. The third-order valence-corrected chi connectivity index (χ3v) is 35.8. The third-order valence-electron chi connectivity index (χ3n) is 35.8. The van der Waals surface area contributed by atoms with Gasteiger partial charge < -0.3 is 56.8 Å². The van der Waals surface area contributed by atoms with Crippen LogP contribution in [0.1, 0.15) is 439 Å². The number of hydrogen-bond donors (Lipinski definition) is 0. The Hall–Kier alpha value is -3.42. The lowest BCUT2D eigenvalue weighted by atomic mass is 9.55. The first-order valence-corrected chi connectivity index (χ1v) is 49.7. The fourth-order valence-corrected chi connectivity index (χ4v) is 28.1. The molecule has 131 heavy (non-hydrogen) atoms. The van der Waals surface area contributed by atoms with Crippen LogP contribution in [0.3, 0.4) is 0 Å². The van der Waals surface area contributed by atoms with Crippen molar-refractivity contribution in [3.63, 3.8) is 0 Å². The van der Waals surface area contributed by atoms with Gasteiger partial charge in [-0.2, -0.15) is 0 Å². The summed E-state index contributed by atoms with van der Waals surface area (Å²) in [6.07, 6.45) is 43.2. The van der Waals surface area contributed by atoms with E-state index in [4.69, 9.17) is 56.8 Å². The fourth-order valence-electron chi connectivity index (χ4n) is 28.1. The molecule has 0 aliphatic heterocycles. The lowest BCUT2D eigenvalue weighted by Crippen LogP contribution is -2.50. The van der Waals surface area contributed by atoms with Crippen LogP contribution in [0.5, 0.6) is 0 Å². The van der Waals surface area contributed by atoms with Crippen LogP contribution in [0.2, 0.25) is 0 Å². The van der Waals surface area contributed by atoms with Crippen LogP contribution in [0.4, 0.5) is 0 Å². The Morgan fingerprint density at radius 2 is 0.542 bits per heavy atom. The molecule has 0 radical (unpaired) electrons. The number of esters is 6. The van der Waals surface area contributed by atoms with E-state index in [1.54, 1.807) is 0 Å². The average Bonchev–Trinajstić information content (AvgIpc) is 1.56. The van der Waals surface area contributed by atoms with E-state index < -0.39 is 28.8 Å². The largest absolute Gasteiger partial charge is 0.438 e. The molecule has 20 fully saturated rings. The molecule has 20 bridgehead atoms. The summed E-state index contributed by atoms with van der Waals surface area (Å²) in [7, 11) is 0. The topological polar surface area (TPSA) is 213 Å². The highest BCUT2D eigenvalue weighted by Gasteiger charge is 2.65. The zero-order valence-corrected chi connectivity index (χ0v) is 77.7. The molecule has 18 heteroatoms. The van der Waals surface area contributed by atoms with E-state index in [2.05, 4.69) is 0 Å². The number of fused-ring (bicyclic) bond motifs is 22.